The SMILES string of the molecule is CCOC(=O)C(NC=O)C(O)c1ccc(Cl)c(Cl)c1. The minimum Gasteiger partial charge on any atom is -0.464 e. The standard InChI is InChI=1S/C12H13Cl2NO4/c1-2-19-12(18)10(15-6-16)11(17)7-3-4-8(13)9(14)5-7/h3-6,10-11,17H,2H2,1H3,(H,15,16). The number of nitrogens with one attached hydrogen (secondary N) is 1. The van der Waals surface area contributed by atoms with Crippen molar-refractivity contribution in [1.29, 1.82) is 0 Å². The van der Waals surface area contributed by atoms with Gasteiger partial charge in [-0.25, -0.2) is 4.79 Å². The van der Waals surface area contributed by atoms with E-state index in [1.807, 2.05) is 0 Å². The van der Waals surface area contributed by atoms with Crippen molar-refractivity contribution >= 4 is 35.6 Å². The van der Waals surface area contributed by atoms with Gasteiger partial charge in [0.15, 0.2) is 6.04 Å². The summed E-state index contributed by atoms with van der Waals surface area (Å²) in [5.41, 5.74) is 0.349. The third-order valence-electron chi connectivity index (χ3n) is 2.39. The van der Waals surface area contributed by atoms with Gasteiger partial charge in [-0.1, -0.05) is 29.3 Å². The molecule has 0 bridgehead atoms. The molecule has 2 atom stereocenters. The van der Waals surface area contributed by atoms with Crippen molar-refractivity contribution in [2.75, 3.05) is 6.61 Å². The summed E-state index contributed by atoms with van der Waals surface area (Å²) in [4.78, 5) is 22.1. The average Bonchev–Trinajstić information content (AvgIpc) is 2.38. The number of esters is 1. The van der Waals surface area contributed by atoms with E-state index in [1.165, 1.54) is 18.2 Å². The molecule has 1 rings (SSSR count). The summed E-state index contributed by atoms with van der Waals surface area (Å²) >= 11 is 11.6. The molecule has 0 aromatic heterocycles. The zero-order valence-corrected chi connectivity index (χ0v) is 11.6. The van der Waals surface area contributed by atoms with Crippen LogP contribution in [0, 0.1) is 0 Å². The Labute approximate surface area is 120 Å². The number of aliphatic hydroxyl groups excluding tert-OH is 1. The van der Waals surface area contributed by atoms with Crippen LogP contribution in [0.2, 0.25) is 10.0 Å². The summed E-state index contributed by atoms with van der Waals surface area (Å²) in [5, 5.41) is 12.9. The molecule has 7 heteroatoms. The van der Waals surface area contributed by atoms with Crippen LogP contribution in [0.25, 0.3) is 0 Å². The Kier molecular flexibility index (Phi) is 6.08. The van der Waals surface area contributed by atoms with Gasteiger partial charge in [0.2, 0.25) is 6.41 Å². The number of carbonyl (C=O) groups is 2. The van der Waals surface area contributed by atoms with Crippen LogP contribution < -0.4 is 5.32 Å². The lowest BCUT2D eigenvalue weighted by molar-refractivity contribution is -0.149. The van der Waals surface area contributed by atoms with Gasteiger partial charge in [-0.05, 0) is 24.6 Å². The van der Waals surface area contributed by atoms with E-state index < -0.39 is 18.1 Å². The fraction of sp³-hybridized carbons (Fsp3) is 0.333. The molecule has 0 spiro atoms. The first-order valence-electron chi connectivity index (χ1n) is 5.50. The van der Waals surface area contributed by atoms with Gasteiger partial charge >= 0.3 is 5.97 Å². The highest BCUT2D eigenvalue weighted by atomic mass is 35.5. The molecule has 0 aliphatic carbocycles. The number of ether oxygens (including phenoxy) is 1. The van der Waals surface area contributed by atoms with Crippen molar-refractivity contribution in [3.8, 4) is 0 Å². The van der Waals surface area contributed by atoms with E-state index in [2.05, 4.69) is 5.32 Å². The van der Waals surface area contributed by atoms with Crippen LogP contribution in [0.15, 0.2) is 18.2 Å². The first kappa shape index (κ1) is 15.8. The Bertz CT molecular complexity index is 467. The highest BCUT2D eigenvalue weighted by molar-refractivity contribution is 6.42. The van der Waals surface area contributed by atoms with Crippen LogP contribution in [0.5, 0.6) is 0 Å². The van der Waals surface area contributed by atoms with E-state index in [4.69, 9.17) is 27.9 Å². The molecule has 5 nitrogen and oxygen atoms in total. The second-order valence-corrected chi connectivity index (χ2v) is 4.45. The highest BCUT2D eigenvalue weighted by Crippen LogP contribution is 2.27. The maximum Gasteiger partial charge on any atom is 0.331 e. The maximum atomic E-state index is 11.6. The third-order valence-corrected chi connectivity index (χ3v) is 3.13. The summed E-state index contributed by atoms with van der Waals surface area (Å²) in [5.74, 6) is -0.729. The number of benzene rings is 1. The van der Waals surface area contributed by atoms with Crippen LogP contribution in [0.3, 0.4) is 0 Å². The Hall–Kier alpha value is -1.30. The fourth-order valence-corrected chi connectivity index (χ4v) is 1.79. The number of hydrogen-bond donors (Lipinski definition) is 2. The summed E-state index contributed by atoms with van der Waals surface area (Å²) in [6, 6.07) is 3.23. The first-order valence-corrected chi connectivity index (χ1v) is 6.26. The van der Waals surface area contributed by atoms with Crippen molar-refractivity contribution in [2.45, 2.75) is 19.1 Å². The van der Waals surface area contributed by atoms with Gasteiger partial charge in [0, 0.05) is 0 Å². The molecule has 0 aliphatic rings. The largest absolute Gasteiger partial charge is 0.464 e. The number of carbonyl (C=O) groups excluding carboxylic acids is 2. The van der Waals surface area contributed by atoms with Crippen LogP contribution in [0.4, 0.5) is 0 Å². The lowest BCUT2D eigenvalue weighted by Gasteiger charge is -2.21. The Morgan fingerprint density at radius 2 is 2.16 bits per heavy atom. The Morgan fingerprint density at radius 1 is 1.47 bits per heavy atom. The number of halogens is 2. The fourth-order valence-electron chi connectivity index (χ4n) is 1.48. The van der Waals surface area contributed by atoms with Gasteiger partial charge in [0.25, 0.3) is 0 Å². The second kappa shape index (κ2) is 7.33. The molecule has 0 saturated heterocycles. The van der Waals surface area contributed by atoms with Crippen molar-refractivity contribution in [3.63, 3.8) is 0 Å². The van der Waals surface area contributed by atoms with E-state index in [0.717, 1.165) is 0 Å². The molecule has 19 heavy (non-hydrogen) atoms. The molecule has 0 heterocycles. The van der Waals surface area contributed by atoms with Crippen LogP contribution in [-0.2, 0) is 14.3 Å². The minimum absolute atomic E-state index is 0.143. The highest BCUT2D eigenvalue weighted by Gasteiger charge is 2.29. The van der Waals surface area contributed by atoms with Gasteiger partial charge in [-0.3, -0.25) is 4.79 Å². The lowest BCUT2D eigenvalue weighted by Crippen LogP contribution is -2.42. The maximum absolute atomic E-state index is 11.6. The zero-order chi connectivity index (χ0) is 14.4. The normalized spacial score (nSPS) is 13.5. The lowest BCUT2D eigenvalue weighted by atomic mass is 10.0. The molecule has 1 aromatic carbocycles. The molecular weight excluding hydrogens is 293 g/mol. The second-order valence-electron chi connectivity index (χ2n) is 3.63. The van der Waals surface area contributed by atoms with Crippen LogP contribution >= 0.6 is 23.2 Å². The molecule has 0 saturated carbocycles. The quantitative estimate of drug-likeness (QED) is 0.619. The first-order chi connectivity index (χ1) is 9.01. The molecule has 2 unspecified atom stereocenters. The summed E-state index contributed by atoms with van der Waals surface area (Å²) in [6.45, 7) is 1.77. The molecule has 2 N–H and O–H groups in total. The topological polar surface area (TPSA) is 75.6 Å². The molecule has 0 aliphatic heterocycles. The smallest absolute Gasteiger partial charge is 0.331 e. The number of amides is 1. The van der Waals surface area contributed by atoms with Crippen LogP contribution in [-0.4, -0.2) is 30.1 Å². The third kappa shape index (κ3) is 4.09. The molecule has 104 valence electrons. The van der Waals surface area contributed by atoms with Crippen molar-refractivity contribution in [1.82, 2.24) is 5.32 Å². The van der Waals surface area contributed by atoms with E-state index in [-0.39, 0.29) is 11.6 Å². The minimum atomic E-state index is -1.28. The average molecular weight is 306 g/mol. The number of aliphatic hydroxyl groups is 1. The van der Waals surface area contributed by atoms with Crippen molar-refractivity contribution < 1.29 is 19.4 Å². The van der Waals surface area contributed by atoms with E-state index in [0.29, 0.717) is 17.0 Å². The predicted octanol–water partition coefficient (Wildman–Crippen LogP) is 1.70. The van der Waals surface area contributed by atoms with Gasteiger partial charge in [0.1, 0.15) is 6.10 Å². The van der Waals surface area contributed by atoms with E-state index in [9.17, 15) is 14.7 Å². The van der Waals surface area contributed by atoms with Crippen molar-refractivity contribution in [2.24, 2.45) is 0 Å². The molecular formula is C12H13Cl2NO4. The monoisotopic (exact) mass is 305 g/mol. The Balaban J connectivity index is 2.97. The van der Waals surface area contributed by atoms with Crippen molar-refractivity contribution in [3.05, 3.63) is 33.8 Å². The van der Waals surface area contributed by atoms with Crippen LogP contribution in [0.1, 0.15) is 18.6 Å². The zero-order valence-electron chi connectivity index (χ0n) is 10.1. The number of rotatable bonds is 6. The summed E-state index contributed by atoms with van der Waals surface area (Å²) < 4.78 is 4.77. The molecule has 1 aromatic rings. The van der Waals surface area contributed by atoms with Gasteiger partial charge in [0.05, 0.1) is 16.7 Å². The van der Waals surface area contributed by atoms with E-state index in [1.54, 1.807) is 6.92 Å². The molecule has 0 radical (unpaired) electrons. The summed E-state index contributed by atoms with van der Waals surface area (Å²) in [7, 11) is 0. The predicted molar refractivity (Wildman–Crippen MR) is 71.0 cm³/mol. The Morgan fingerprint density at radius 3 is 2.68 bits per heavy atom. The molecule has 1 amide bonds. The summed E-state index contributed by atoms with van der Waals surface area (Å²) in [6.07, 6.45) is -0.957. The van der Waals surface area contributed by atoms with E-state index >= 15 is 0 Å². The number of hydrogen-bond acceptors (Lipinski definition) is 4. The van der Waals surface area contributed by atoms with Gasteiger partial charge in [-0.15, -0.1) is 0 Å². The van der Waals surface area contributed by atoms with Gasteiger partial charge < -0.3 is 15.2 Å². The van der Waals surface area contributed by atoms with Gasteiger partial charge in [-0.2, -0.15) is 0 Å². The molecule has 0 fully saturated rings.